The lowest BCUT2D eigenvalue weighted by Gasteiger charge is -2.26. The van der Waals surface area contributed by atoms with Crippen molar-refractivity contribution in [1.82, 2.24) is 25.1 Å². The minimum absolute atomic E-state index is 0.0794. The number of benzene rings is 1. The number of hydrogen-bond donors (Lipinski definition) is 3. The number of halogens is 2. The summed E-state index contributed by atoms with van der Waals surface area (Å²) in [6.45, 7) is 0.670. The molecule has 1 aliphatic rings. The Balaban J connectivity index is 1.41. The van der Waals surface area contributed by atoms with E-state index in [1.165, 1.54) is 12.1 Å². The van der Waals surface area contributed by atoms with Gasteiger partial charge in [-0.25, -0.2) is 8.78 Å². The van der Waals surface area contributed by atoms with Gasteiger partial charge in [-0.3, -0.25) is 10.1 Å². The van der Waals surface area contributed by atoms with Gasteiger partial charge in [-0.05, 0) is 31.0 Å². The highest BCUT2D eigenvalue weighted by molar-refractivity contribution is 5.64. The van der Waals surface area contributed by atoms with Gasteiger partial charge in [0.2, 0.25) is 5.95 Å². The molecule has 1 unspecified atom stereocenters. The maximum Gasteiger partial charge on any atom is 0.223 e. The number of pyridine rings is 1. The molecule has 5 rings (SSSR count). The minimum atomic E-state index is -0.599. The van der Waals surface area contributed by atoms with Crippen molar-refractivity contribution in [2.75, 3.05) is 22.5 Å². The molecule has 0 spiro atoms. The lowest BCUT2D eigenvalue weighted by atomic mass is 10.0. The van der Waals surface area contributed by atoms with Crippen molar-refractivity contribution in [2.24, 2.45) is 0 Å². The first kappa shape index (κ1) is 19.9. The third kappa shape index (κ3) is 3.94. The van der Waals surface area contributed by atoms with Crippen molar-refractivity contribution in [3.63, 3.8) is 0 Å². The number of H-pyrrole nitrogens is 1. The van der Waals surface area contributed by atoms with Crippen molar-refractivity contribution in [3.05, 3.63) is 71.9 Å². The molecule has 1 aromatic carbocycles. The summed E-state index contributed by atoms with van der Waals surface area (Å²) in [7, 11) is 0. The van der Waals surface area contributed by atoms with E-state index in [-0.39, 0.29) is 12.0 Å². The van der Waals surface area contributed by atoms with Gasteiger partial charge in [-0.2, -0.15) is 15.1 Å². The van der Waals surface area contributed by atoms with Crippen LogP contribution in [-0.2, 0) is 0 Å². The second-order valence-corrected chi connectivity index (χ2v) is 7.49. The van der Waals surface area contributed by atoms with E-state index in [1.807, 2.05) is 29.2 Å². The van der Waals surface area contributed by atoms with Gasteiger partial charge in [0, 0.05) is 36.5 Å². The molecule has 0 aliphatic carbocycles. The lowest BCUT2D eigenvalue weighted by molar-refractivity contribution is 0.553. The Hall–Kier alpha value is -4.08. The second kappa shape index (κ2) is 8.22. The number of rotatable bonds is 5. The molecule has 1 fully saturated rings. The number of anilines is 4. The van der Waals surface area contributed by atoms with E-state index in [1.54, 1.807) is 12.3 Å². The fraction of sp³-hybridized carbons (Fsp3) is 0.182. The SMILES string of the molecule is Nc1nc(Nc2cc(-c3ccccn3)[nH]n2)cc(N2CCCC2c2ccc(F)cc2F)n1. The minimum Gasteiger partial charge on any atom is -0.368 e. The first-order valence-corrected chi connectivity index (χ1v) is 10.2. The van der Waals surface area contributed by atoms with Crippen LogP contribution in [0.1, 0.15) is 24.4 Å². The molecule has 4 heterocycles. The molecule has 1 aliphatic heterocycles. The Morgan fingerprint density at radius 2 is 1.97 bits per heavy atom. The van der Waals surface area contributed by atoms with Crippen molar-refractivity contribution in [2.45, 2.75) is 18.9 Å². The zero-order valence-corrected chi connectivity index (χ0v) is 17.0. The number of aromatic amines is 1. The predicted octanol–water partition coefficient (Wildman–Crippen LogP) is 4.21. The number of nitrogens with zero attached hydrogens (tertiary/aromatic N) is 5. The number of nitrogens with two attached hydrogens (primary N) is 1. The van der Waals surface area contributed by atoms with Gasteiger partial charge >= 0.3 is 0 Å². The standard InChI is InChI=1S/C22H20F2N8/c23-13-6-7-14(15(24)10-13)18-5-3-9-32(18)21-12-19(28-22(25)29-21)27-20-11-17(30-31-20)16-4-1-2-8-26-16/h1-2,4,6-8,10-12,18H,3,5,9H2,(H4,25,27,28,29,30,31). The molecule has 3 aromatic heterocycles. The smallest absolute Gasteiger partial charge is 0.223 e. The topological polar surface area (TPSA) is 109 Å². The average Bonchev–Trinajstić information content (AvgIpc) is 3.44. The molecule has 162 valence electrons. The van der Waals surface area contributed by atoms with E-state index < -0.39 is 11.6 Å². The summed E-state index contributed by atoms with van der Waals surface area (Å²) in [6.07, 6.45) is 3.28. The Labute approximate surface area is 182 Å². The van der Waals surface area contributed by atoms with Gasteiger partial charge in [0.1, 0.15) is 23.3 Å². The Morgan fingerprint density at radius 3 is 2.78 bits per heavy atom. The molecule has 4 aromatic rings. The summed E-state index contributed by atoms with van der Waals surface area (Å²) in [6, 6.07) is 12.6. The number of nitrogen functional groups attached to an aromatic ring is 1. The van der Waals surface area contributed by atoms with Crippen LogP contribution in [-0.4, -0.2) is 31.7 Å². The first-order valence-electron chi connectivity index (χ1n) is 10.2. The Morgan fingerprint density at radius 1 is 1.06 bits per heavy atom. The van der Waals surface area contributed by atoms with Crippen LogP contribution < -0.4 is 16.0 Å². The molecule has 0 bridgehead atoms. The second-order valence-electron chi connectivity index (χ2n) is 7.49. The average molecular weight is 434 g/mol. The van der Waals surface area contributed by atoms with Crippen LogP contribution in [0.5, 0.6) is 0 Å². The summed E-state index contributed by atoms with van der Waals surface area (Å²) in [4.78, 5) is 14.9. The molecule has 10 heteroatoms. The van der Waals surface area contributed by atoms with Crippen LogP contribution in [0.15, 0.2) is 54.7 Å². The third-order valence-electron chi connectivity index (χ3n) is 5.37. The monoisotopic (exact) mass is 434 g/mol. The van der Waals surface area contributed by atoms with Crippen LogP contribution in [0, 0.1) is 11.6 Å². The third-order valence-corrected chi connectivity index (χ3v) is 5.37. The highest BCUT2D eigenvalue weighted by Crippen LogP contribution is 2.37. The van der Waals surface area contributed by atoms with E-state index in [9.17, 15) is 8.78 Å². The molecule has 1 saturated heterocycles. The van der Waals surface area contributed by atoms with Crippen LogP contribution in [0.4, 0.5) is 32.2 Å². The maximum absolute atomic E-state index is 14.4. The summed E-state index contributed by atoms with van der Waals surface area (Å²) in [5.41, 5.74) is 7.91. The quantitative estimate of drug-likeness (QED) is 0.432. The van der Waals surface area contributed by atoms with Gasteiger partial charge in [-0.15, -0.1) is 0 Å². The molecule has 0 amide bonds. The van der Waals surface area contributed by atoms with Crippen LogP contribution in [0.25, 0.3) is 11.4 Å². The number of hydrogen-bond acceptors (Lipinski definition) is 7. The van der Waals surface area contributed by atoms with E-state index in [2.05, 4.69) is 30.5 Å². The van der Waals surface area contributed by atoms with Gasteiger partial charge in [0.25, 0.3) is 0 Å². The largest absolute Gasteiger partial charge is 0.368 e. The zero-order chi connectivity index (χ0) is 22.1. The number of nitrogens with one attached hydrogen (secondary N) is 2. The molecule has 4 N–H and O–H groups in total. The fourth-order valence-corrected chi connectivity index (χ4v) is 3.97. The van der Waals surface area contributed by atoms with Crippen LogP contribution in [0.3, 0.4) is 0 Å². The van der Waals surface area contributed by atoms with Crippen molar-refractivity contribution in [3.8, 4) is 11.4 Å². The molecule has 0 radical (unpaired) electrons. The van der Waals surface area contributed by atoms with Crippen molar-refractivity contribution < 1.29 is 8.78 Å². The Kier molecular flexibility index (Phi) is 5.10. The van der Waals surface area contributed by atoms with Gasteiger partial charge in [0.15, 0.2) is 5.82 Å². The summed E-state index contributed by atoms with van der Waals surface area (Å²) < 4.78 is 27.8. The van der Waals surface area contributed by atoms with E-state index in [0.717, 1.165) is 30.3 Å². The van der Waals surface area contributed by atoms with Gasteiger partial charge in [-0.1, -0.05) is 12.1 Å². The normalized spacial score (nSPS) is 15.8. The lowest BCUT2D eigenvalue weighted by Crippen LogP contribution is -2.25. The summed E-state index contributed by atoms with van der Waals surface area (Å²) >= 11 is 0. The first-order chi connectivity index (χ1) is 15.6. The van der Waals surface area contributed by atoms with E-state index >= 15 is 0 Å². The van der Waals surface area contributed by atoms with Gasteiger partial charge in [0.05, 0.1) is 17.4 Å². The van der Waals surface area contributed by atoms with Crippen LogP contribution >= 0.6 is 0 Å². The van der Waals surface area contributed by atoms with E-state index in [0.29, 0.717) is 29.6 Å². The molecular weight excluding hydrogens is 414 g/mol. The predicted molar refractivity (Wildman–Crippen MR) is 117 cm³/mol. The fourth-order valence-electron chi connectivity index (χ4n) is 3.97. The summed E-state index contributed by atoms with van der Waals surface area (Å²) in [5, 5.41) is 10.3. The summed E-state index contributed by atoms with van der Waals surface area (Å²) in [5.74, 6) is 0.468. The molecule has 0 saturated carbocycles. The molecular formula is C22H20F2N8. The highest BCUT2D eigenvalue weighted by atomic mass is 19.1. The van der Waals surface area contributed by atoms with E-state index in [4.69, 9.17) is 5.73 Å². The maximum atomic E-state index is 14.4. The number of aromatic nitrogens is 5. The van der Waals surface area contributed by atoms with Crippen molar-refractivity contribution in [1.29, 1.82) is 0 Å². The highest BCUT2D eigenvalue weighted by Gasteiger charge is 2.30. The Bertz CT molecular complexity index is 1240. The zero-order valence-electron chi connectivity index (χ0n) is 17.0. The van der Waals surface area contributed by atoms with Crippen LogP contribution in [0.2, 0.25) is 0 Å². The van der Waals surface area contributed by atoms with Gasteiger partial charge < -0.3 is 16.0 Å². The van der Waals surface area contributed by atoms with Crippen molar-refractivity contribution >= 4 is 23.4 Å². The molecule has 8 nitrogen and oxygen atoms in total. The molecule has 32 heavy (non-hydrogen) atoms. The molecule has 1 atom stereocenters.